The molecule has 0 amide bonds. The van der Waals surface area contributed by atoms with Gasteiger partial charge in [0.25, 0.3) is 5.78 Å². The molecular formula is C15H10FN5O2. The fraction of sp³-hybridized carbons (Fsp3) is 0.0667. The van der Waals surface area contributed by atoms with Crippen molar-refractivity contribution in [1.29, 1.82) is 0 Å². The van der Waals surface area contributed by atoms with Crippen LogP contribution in [0.15, 0.2) is 36.4 Å². The molecule has 0 saturated heterocycles. The molecule has 2 N–H and O–H groups in total. The quantitative estimate of drug-likeness (QED) is 0.595. The van der Waals surface area contributed by atoms with E-state index in [1.165, 1.54) is 12.1 Å². The summed E-state index contributed by atoms with van der Waals surface area (Å²) >= 11 is 0. The smallest absolute Gasteiger partial charge is 0.253 e. The zero-order valence-electron chi connectivity index (χ0n) is 11.7. The van der Waals surface area contributed by atoms with Crippen molar-refractivity contribution >= 4 is 28.4 Å². The van der Waals surface area contributed by atoms with E-state index in [9.17, 15) is 4.39 Å². The summed E-state index contributed by atoms with van der Waals surface area (Å²) in [7, 11) is 0. The standard InChI is InChI=1S/C15H10FN5O2/c16-8-2-1-3-9(4-8)17-14-19-15-18-10-5-12-13(23-7-22-12)6-11(10)21(15)20-14/h1-6H,7H2,(H2,17,18,19,20). The molecule has 0 spiro atoms. The zero-order chi connectivity index (χ0) is 15.4. The van der Waals surface area contributed by atoms with Crippen molar-refractivity contribution in [3.05, 3.63) is 42.2 Å². The number of rotatable bonds is 2. The predicted molar refractivity (Wildman–Crippen MR) is 80.6 cm³/mol. The molecule has 0 bridgehead atoms. The Hall–Kier alpha value is -3.29. The van der Waals surface area contributed by atoms with Gasteiger partial charge in [-0.25, -0.2) is 13.9 Å². The highest BCUT2D eigenvalue weighted by atomic mass is 19.1. The van der Waals surface area contributed by atoms with Gasteiger partial charge in [-0.3, -0.25) is 5.10 Å². The van der Waals surface area contributed by atoms with E-state index >= 15 is 0 Å². The molecule has 0 radical (unpaired) electrons. The van der Waals surface area contributed by atoms with E-state index in [2.05, 4.69) is 20.4 Å². The number of benzene rings is 2. The lowest BCUT2D eigenvalue weighted by molar-refractivity contribution is 0.174. The number of anilines is 2. The number of halogens is 1. The minimum absolute atomic E-state index is 0.213. The van der Waals surface area contributed by atoms with Gasteiger partial charge in [0.05, 0.1) is 11.0 Å². The average Bonchev–Trinajstić information content (AvgIpc) is 3.19. The summed E-state index contributed by atoms with van der Waals surface area (Å²) in [5.74, 6) is 2.01. The third kappa shape index (κ3) is 1.88. The van der Waals surface area contributed by atoms with Gasteiger partial charge in [-0.2, -0.15) is 4.98 Å². The number of hydrogen-bond donors (Lipinski definition) is 2. The first-order valence-electron chi connectivity index (χ1n) is 6.97. The van der Waals surface area contributed by atoms with Crippen molar-refractivity contribution in [1.82, 2.24) is 19.6 Å². The van der Waals surface area contributed by atoms with E-state index in [-0.39, 0.29) is 12.6 Å². The molecule has 4 aromatic rings. The van der Waals surface area contributed by atoms with Crippen molar-refractivity contribution in [3.8, 4) is 11.5 Å². The van der Waals surface area contributed by atoms with Crippen LogP contribution in [-0.4, -0.2) is 26.4 Å². The largest absolute Gasteiger partial charge is 0.454 e. The highest BCUT2D eigenvalue weighted by Gasteiger charge is 2.18. The van der Waals surface area contributed by atoms with Crippen molar-refractivity contribution in [2.45, 2.75) is 0 Å². The Kier molecular flexibility index (Phi) is 2.32. The molecule has 8 heteroatoms. The summed E-state index contributed by atoms with van der Waals surface area (Å²) in [6, 6.07) is 9.83. The lowest BCUT2D eigenvalue weighted by Crippen LogP contribution is -1.94. The van der Waals surface area contributed by atoms with Crippen molar-refractivity contribution in [2.24, 2.45) is 0 Å². The minimum Gasteiger partial charge on any atom is -0.454 e. The molecular weight excluding hydrogens is 301 g/mol. The zero-order valence-corrected chi connectivity index (χ0v) is 11.7. The summed E-state index contributed by atoms with van der Waals surface area (Å²) in [6.07, 6.45) is 0. The third-order valence-corrected chi connectivity index (χ3v) is 3.65. The van der Waals surface area contributed by atoms with Crippen LogP contribution in [0, 0.1) is 5.82 Å². The number of hydrogen-bond acceptors (Lipinski definition) is 5. The number of aromatic amines is 1. The molecule has 3 heterocycles. The molecule has 114 valence electrons. The highest BCUT2D eigenvalue weighted by Crippen LogP contribution is 2.36. The topological polar surface area (TPSA) is 76.5 Å². The molecule has 0 unspecified atom stereocenters. The summed E-state index contributed by atoms with van der Waals surface area (Å²) < 4.78 is 25.7. The monoisotopic (exact) mass is 311 g/mol. The van der Waals surface area contributed by atoms with Crippen molar-refractivity contribution < 1.29 is 13.9 Å². The van der Waals surface area contributed by atoms with Crippen LogP contribution in [-0.2, 0) is 0 Å². The molecule has 7 nitrogen and oxygen atoms in total. The van der Waals surface area contributed by atoms with E-state index in [1.54, 1.807) is 16.6 Å². The Morgan fingerprint density at radius 2 is 2.00 bits per heavy atom. The van der Waals surface area contributed by atoms with Gasteiger partial charge in [0.2, 0.25) is 12.7 Å². The van der Waals surface area contributed by atoms with Crippen LogP contribution in [0.1, 0.15) is 0 Å². The Bertz CT molecular complexity index is 1050. The first kappa shape index (κ1) is 12.3. The van der Waals surface area contributed by atoms with Gasteiger partial charge in [0.15, 0.2) is 11.5 Å². The number of ether oxygens (including phenoxy) is 2. The maximum Gasteiger partial charge on any atom is 0.253 e. The second-order valence-corrected chi connectivity index (χ2v) is 5.15. The summed E-state index contributed by atoms with van der Waals surface area (Å²) in [6.45, 7) is 0.213. The molecule has 0 fully saturated rings. The number of fused-ring (bicyclic) bond motifs is 4. The Morgan fingerprint density at radius 3 is 2.87 bits per heavy atom. The summed E-state index contributed by atoms with van der Waals surface area (Å²) in [5.41, 5.74) is 2.18. The van der Waals surface area contributed by atoms with Gasteiger partial charge in [0.1, 0.15) is 5.82 Å². The van der Waals surface area contributed by atoms with Crippen LogP contribution in [0.4, 0.5) is 16.0 Å². The molecule has 1 aliphatic heterocycles. The fourth-order valence-corrected chi connectivity index (χ4v) is 2.63. The Balaban J connectivity index is 1.59. The lowest BCUT2D eigenvalue weighted by atomic mass is 10.3. The number of aromatic nitrogens is 4. The van der Waals surface area contributed by atoms with Gasteiger partial charge in [0, 0.05) is 17.8 Å². The van der Waals surface area contributed by atoms with E-state index in [0.29, 0.717) is 28.9 Å². The molecule has 0 saturated carbocycles. The van der Waals surface area contributed by atoms with Crippen LogP contribution in [0.2, 0.25) is 0 Å². The average molecular weight is 311 g/mol. The molecule has 0 atom stereocenters. The Labute approximate surface area is 128 Å². The third-order valence-electron chi connectivity index (χ3n) is 3.65. The Morgan fingerprint density at radius 1 is 1.13 bits per heavy atom. The summed E-state index contributed by atoms with van der Waals surface area (Å²) in [5, 5.41) is 6.10. The van der Waals surface area contributed by atoms with Gasteiger partial charge >= 0.3 is 0 Å². The van der Waals surface area contributed by atoms with Gasteiger partial charge in [-0.1, -0.05) is 6.07 Å². The van der Waals surface area contributed by atoms with Crippen molar-refractivity contribution in [3.63, 3.8) is 0 Å². The molecule has 0 aliphatic carbocycles. The minimum atomic E-state index is -0.315. The maximum atomic E-state index is 13.2. The molecule has 5 rings (SSSR count). The van der Waals surface area contributed by atoms with Gasteiger partial charge < -0.3 is 14.8 Å². The van der Waals surface area contributed by atoms with E-state index < -0.39 is 0 Å². The number of nitrogens with zero attached hydrogens (tertiary/aromatic N) is 3. The number of nitrogens with one attached hydrogen (secondary N) is 2. The fourth-order valence-electron chi connectivity index (χ4n) is 2.63. The van der Waals surface area contributed by atoms with Crippen LogP contribution >= 0.6 is 0 Å². The lowest BCUT2D eigenvalue weighted by Gasteiger charge is -2.01. The maximum absolute atomic E-state index is 13.2. The SMILES string of the molecule is Fc1cccc(Nc2nc3nc4cc5c(cc4n3[nH]2)OCO5)c1. The van der Waals surface area contributed by atoms with Crippen molar-refractivity contribution in [2.75, 3.05) is 12.1 Å². The van der Waals surface area contributed by atoms with Crippen LogP contribution in [0.3, 0.4) is 0 Å². The van der Waals surface area contributed by atoms with Crippen LogP contribution < -0.4 is 14.8 Å². The normalized spacial score (nSPS) is 13.1. The summed E-state index contributed by atoms with van der Waals surface area (Å²) in [4.78, 5) is 8.80. The first-order valence-corrected chi connectivity index (χ1v) is 6.97. The van der Waals surface area contributed by atoms with E-state index in [4.69, 9.17) is 9.47 Å². The van der Waals surface area contributed by atoms with Crippen LogP contribution in [0.25, 0.3) is 16.8 Å². The van der Waals surface area contributed by atoms with E-state index in [1.807, 2.05) is 12.1 Å². The second kappa shape index (κ2) is 4.35. The molecule has 2 aromatic heterocycles. The molecule has 1 aliphatic rings. The van der Waals surface area contributed by atoms with E-state index in [0.717, 1.165) is 11.0 Å². The predicted octanol–water partition coefficient (Wildman–Crippen LogP) is 2.82. The second-order valence-electron chi connectivity index (χ2n) is 5.15. The van der Waals surface area contributed by atoms with Gasteiger partial charge in [-0.05, 0) is 18.2 Å². The van der Waals surface area contributed by atoms with Crippen LogP contribution in [0.5, 0.6) is 11.5 Å². The number of H-pyrrole nitrogens is 1. The molecule has 2 aromatic carbocycles. The molecule has 23 heavy (non-hydrogen) atoms. The van der Waals surface area contributed by atoms with Gasteiger partial charge in [-0.15, -0.1) is 0 Å². The highest BCUT2D eigenvalue weighted by molar-refractivity contribution is 5.83. The first-order chi connectivity index (χ1) is 11.3. The number of imidazole rings is 1.